The van der Waals surface area contributed by atoms with Gasteiger partial charge in [0, 0.05) is 30.9 Å². The minimum Gasteiger partial charge on any atom is -0.383 e. The number of nitrogens with one attached hydrogen (secondary N) is 3. The van der Waals surface area contributed by atoms with E-state index >= 15 is 0 Å². The molecule has 2 fully saturated rings. The van der Waals surface area contributed by atoms with Crippen molar-refractivity contribution in [2.75, 3.05) is 18.8 Å². The molecule has 0 bridgehead atoms. The number of benzene rings is 2. The molecule has 7 nitrogen and oxygen atoms in total. The van der Waals surface area contributed by atoms with Crippen LogP contribution in [-0.4, -0.2) is 42.2 Å². The Kier molecular flexibility index (Phi) is 8.91. The summed E-state index contributed by atoms with van der Waals surface area (Å²) in [5, 5.41) is 10.3. The number of pyridine rings is 1. The van der Waals surface area contributed by atoms with Crippen molar-refractivity contribution in [1.29, 1.82) is 0 Å². The molecule has 7 heteroatoms. The molecule has 2 aromatic carbocycles. The molecule has 1 aliphatic carbocycles. The number of aryl methyl sites for hydroxylation is 2. The molecule has 0 spiro atoms. The third kappa shape index (κ3) is 7.04. The number of aromatic nitrogens is 1. The van der Waals surface area contributed by atoms with Crippen molar-refractivity contribution in [1.82, 2.24) is 20.9 Å². The number of carbonyl (C=O) groups is 1. The molecule has 0 radical (unpaired) electrons. The van der Waals surface area contributed by atoms with Crippen LogP contribution in [0.25, 0.3) is 11.1 Å². The molecule has 3 atom stereocenters. The van der Waals surface area contributed by atoms with Crippen LogP contribution in [0.2, 0.25) is 0 Å². The highest BCUT2D eigenvalue weighted by atomic mass is 16.5. The van der Waals surface area contributed by atoms with Crippen LogP contribution in [-0.2, 0) is 17.9 Å². The fourth-order valence-corrected chi connectivity index (χ4v) is 5.60. The van der Waals surface area contributed by atoms with Crippen LogP contribution in [0.3, 0.4) is 0 Å². The van der Waals surface area contributed by atoms with E-state index in [0.717, 1.165) is 55.6 Å². The zero-order valence-corrected chi connectivity index (χ0v) is 23.1. The van der Waals surface area contributed by atoms with Gasteiger partial charge in [-0.1, -0.05) is 36.4 Å². The molecule has 1 aliphatic heterocycles. The second kappa shape index (κ2) is 12.7. The van der Waals surface area contributed by atoms with Gasteiger partial charge in [-0.05, 0) is 92.4 Å². The molecular weight excluding hydrogens is 486 g/mol. The molecule has 1 aromatic heterocycles. The van der Waals surface area contributed by atoms with Gasteiger partial charge in [0.05, 0.1) is 24.3 Å². The lowest BCUT2D eigenvalue weighted by atomic mass is 10.0. The molecular formula is C32H41N5O2. The van der Waals surface area contributed by atoms with E-state index in [1.807, 2.05) is 12.1 Å². The van der Waals surface area contributed by atoms with Gasteiger partial charge in [0.2, 0.25) is 0 Å². The standard InChI is InChI=1S/C32H41N5O2/c1-21-11-12-24(14-22(21)2)20-39-30-10-4-9-29(30)37-32(38)28-16-26(18-36-31(28)33)25-7-3-6-23(15-25)17-35-27-8-5-13-34-19-27/h3,6-7,11-12,14-16,18,27,29-30,34-35H,4-5,8-10,13,17,19-20H2,1-2H3,(H2,33,36)(H,37,38)/t27-,29-,30-/m0/s1. The third-order valence-corrected chi connectivity index (χ3v) is 8.12. The highest BCUT2D eigenvalue weighted by Crippen LogP contribution is 2.26. The maximum Gasteiger partial charge on any atom is 0.255 e. The lowest BCUT2D eigenvalue weighted by Crippen LogP contribution is -2.42. The van der Waals surface area contributed by atoms with Crippen LogP contribution in [0.1, 0.15) is 64.7 Å². The highest BCUT2D eigenvalue weighted by molar-refractivity contribution is 5.99. The monoisotopic (exact) mass is 527 g/mol. The van der Waals surface area contributed by atoms with Crippen LogP contribution in [0.4, 0.5) is 5.82 Å². The van der Waals surface area contributed by atoms with Crippen molar-refractivity contribution in [3.8, 4) is 11.1 Å². The number of nitrogen functional groups attached to an aromatic ring is 1. The van der Waals surface area contributed by atoms with Crippen LogP contribution >= 0.6 is 0 Å². The zero-order chi connectivity index (χ0) is 27.2. The van der Waals surface area contributed by atoms with Gasteiger partial charge in [-0.2, -0.15) is 0 Å². The van der Waals surface area contributed by atoms with Gasteiger partial charge in [-0.25, -0.2) is 4.98 Å². The number of nitrogens with two attached hydrogens (primary N) is 1. The summed E-state index contributed by atoms with van der Waals surface area (Å²) in [6, 6.07) is 17.1. The third-order valence-electron chi connectivity index (χ3n) is 8.12. The van der Waals surface area contributed by atoms with Crippen LogP contribution in [0.15, 0.2) is 54.7 Å². The first-order chi connectivity index (χ1) is 19.0. The van der Waals surface area contributed by atoms with Gasteiger partial charge in [0.15, 0.2) is 0 Å². The van der Waals surface area contributed by atoms with E-state index in [0.29, 0.717) is 18.2 Å². The van der Waals surface area contributed by atoms with Crippen molar-refractivity contribution in [3.63, 3.8) is 0 Å². The number of piperidine rings is 1. The maximum atomic E-state index is 13.3. The first kappa shape index (κ1) is 27.3. The van der Waals surface area contributed by atoms with Gasteiger partial charge in [-0.15, -0.1) is 0 Å². The Morgan fingerprint density at radius 2 is 1.92 bits per heavy atom. The average Bonchev–Trinajstić information content (AvgIpc) is 3.40. The molecule has 3 aromatic rings. The minimum absolute atomic E-state index is 0.0172. The average molecular weight is 528 g/mol. The van der Waals surface area contributed by atoms with Crippen molar-refractivity contribution in [3.05, 3.63) is 82.5 Å². The number of ether oxygens (including phenoxy) is 1. The van der Waals surface area contributed by atoms with Crippen LogP contribution < -0.4 is 21.7 Å². The molecule has 5 N–H and O–H groups in total. The van der Waals surface area contributed by atoms with E-state index in [1.54, 1.807) is 6.20 Å². The normalized spacial score (nSPS) is 21.1. The largest absolute Gasteiger partial charge is 0.383 e. The smallest absolute Gasteiger partial charge is 0.255 e. The summed E-state index contributed by atoms with van der Waals surface area (Å²) in [6.07, 6.45) is 6.98. The van der Waals surface area contributed by atoms with Crippen LogP contribution in [0, 0.1) is 13.8 Å². The number of carbonyl (C=O) groups excluding carboxylic acids is 1. The summed E-state index contributed by atoms with van der Waals surface area (Å²) in [5.74, 6) is 0.0422. The highest BCUT2D eigenvalue weighted by Gasteiger charge is 2.30. The van der Waals surface area contributed by atoms with Crippen molar-refractivity contribution >= 4 is 11.7 Å². The van der Waals surface area contributed by atoms with Crippen LogP contribution in [0.5, 0.6) is 0 Å². The van der Waals surface area contributed by atoms with Crippen molar-refractivity contribution in [2.24, 2.45) is 0 Å². The maximum absolute atomic E-state index is 13.3. The predicted octanol–water partition coefficient (Wildman–Crippen LogP) is 4.66. The van der Waals surface area contributed by atoms with Gasteiger partial charge in [0.1, 0.15) is 5.82 Å². The van der Waals surface area contributed by atoms with E-state index < -0.39 is 0 Å². The Morgan fingerprint density at radius 3 is 2.74 bits per heavy atom. The number of hydrogen-bond donors (Lipinski definition) is 4. The quantitative estimate of drug-likeness (QED) is 0.323. The van der Waals surface area contributed by atoms with E-state index in [-0.39, 0.29) is 23.9 Å². The summed E-state index contributed by atoms with van der Waals surface area (Å²) < 4.78 is 6.26. The lowest BCUT2D eigenvalue weighted by Gasteiger charge is -2.24. The Bertz CT molecular complexity index is 1290. The van der Waals surface area contributed by atoms with E-state index in [2.05, 4.69) is 71.2 Å². The first-order valence-corrected chi connectivity index (χ1v) is 14.2. The van der Waals surface area contributed by atoms with Gasteiger partial charge >= 0.3 is 0 Å². The molecule has 1 saturated heterocycles. The number of anilines is 1. The Hall–Kier alpha value is -3.26. The topological polar surface area (TPSA) is 101 Å². The van der Waals surface area contributed by atoms with Crippen molar-refractivity contribution < 1.29 is 9.53 Å². The summed E-state index contributed by atoms with van der Waals surface area (Å²) in [4.78, 5) is 17.7. The zero-order valence-electron chi connectivity index (χ0n) is 23.1. The molecule has 39 heavy (non-hydrogen) atoms. The summed E-state index contributed by atoms with van der Waals surface area (Å²) in [5.41, 5.74) is 13.4. The molecule has 0 unspecified atom stereocenters. The van der Waals surface area contributed by atoms with Gasteiger partial charge in [0.25, 0.3) is 5.91 Å². The lowest BCUT2D eigenvalue weighted by molar-refractivity contribution is 0.0272. The Labute approximate surface area is 231 Å². The van der Waals surface area contributed by atoms with E-state index in [9.17, 15) is 4.79 Å². The number of amides is 1. The molecule has 1 amide bonds. The molecule has 2 aliphatic rings. The number of hydrogen-bond acceptors (Lipinski definition) is 6. The second-order valence-electron chi connectivity index (χ2n) is 11.1. The van der Waals surface area contributed by atoms with Gasteiger partial charge in [-0.3, -0.25) is 4.79 Å². The molecule has 206 valence electrons. The number of rotatable bonds is 9. The fraction of sp³-hybridized carbons (Fsp3) is 0.438. The van der Waals surface area contributed by atoms with Gasteiger partial charge < -0.3 is 26.4 Å². The molecule has 5 rings (SSSR count). The summed E-state index contributed by atoms with van der Waals surface area (Å²) in [6.45, 7) is 7.70. The number of nitrogens with zero attached hydrogens (tertiary/aromatic N) is 1. The second-order valence-corrected chi connectivity index (χ2v) is 11.1. The predicted molar refractivity (Wildman–Crippen MR) is 156 cm³/mol. The summed E-state index contributed by atoms with van der Waals surface area (Å²) >= 11 is 0. The Morgan fingerprint density at radius 1 is 1.03 bits per heavy atom. The fourth-order valence-electron chi connectivity index (χ4n) is 5.60. The van der Waals surface area contributed by atoms with Crippen molar-refractivity contribution in [2.45, 2.75) is 77.3 Å². The van der Waals surface area contributed by atoms with E-state index in [4.69, 9.17) is 10.5 Å². The Balaban J connectivity index is 1.22. The molecule has 1 saturated carbocycles. The van der Waals surface area contributed by atoms with E-state index in [1.165, 1.54) is 29.5 Å². The molecule has 2 heterocycles. The first-order valence-electron chi connectivity index (χ1n) is 14.2. The SMILES string of the molecule is Cc1ccc(CO[C@H]2CCC[C@@H]2NC(=O)c2cc(-c3cccc(CN[C@H]4CCCNC4)c3)cnc2N)cc1C. The minimum atomic E-state index is -0.198. The summed E-state index contributed by atoms with van der Waals surface area (Å²) in [7, 11) is 0.